The van der Waals surface area contributed by atoms with Crippen LogP contribution in [-0.4, -0.2) is 11.1 Å². The fourth-order valence-corrected chi connectivity index (χ4v) is 0.855. The zero-order valence-electron chi connectivity index (χ0n) is 6.64. The number of diazo groups is 1. The van der Waals surface area contributed by atoms with Crippen LogP contribution in [0.1, 0.15) is 5.56 Å². The Hall–Kier alpha value is -1.60. The maximum atomic E-state index is 10.3. The Bertz CT molecular complexity index is 329. The molecule has 0 radical (unpaired) electrons. The van der Waals surface area contributed by atoms with E-state index in [1.54, 1.807) is 24.3 Å². The predicted octanol–water partition coefficient (Wildman–Crippen LogP) is -1.20. The van der Waals surface area contributed by atoms with Crippen LogP contribution in [0, 0.1) is 5.39 Å². The molecule has 0 aromatic heterocycles. The molecule has 0 aliphatic carbocycles. The fraction of sp³-hybridized carbons (Fsp3) is 0.125. The van der Waals surface area contributed by atoms with Gasteiger partial charge in [-0.15, -0.1) is 0 Å². The number of hydrogen-bond donors (Lipinski definition) is 1. The summed E-state index contributed by atoms with van der Waals surface area (Å²) < 4.78 is 0. The summed E-state index contributed by atoms with van der Waals surface area (Å²) in [5.74, 6) is -0.872. The smallest absolute Gasteiger partial charge is 0.385 e. The molecule has 0 spiro atoms. The molecule has 0 saturated carbocycles. The highest BCUT2D eigenvalue weighted by Gasteiger charge is 2.04. The molecular weight excluding hydrogens is 192 g/mol. The maximum absolute atomic E-state index is 10.3. The molecule has 1 N–H and O–H groups in total. The van der Waals surface area contributed by atoms with Gasteiger partial charge >= 0.3 is 11.7 Å². The first-order chi connectivity index (χ1) is 5.72. The summed E-state index contributed by atoms with van der Waals surface area (Å²) in [6, 6.07) is 6.34. The maximum Gasteiger partial charge on any atom is 0.385 e. The summed E-state index contributed by atoms with van der Waals surface area (Å²) in [6.45, 7) is 0. The standard InChI is InChI=1S/C8H6N2O2.ClH/c9-10-7-3-1-6(2-4-7)5-8(11)12;/h1-4H,5H2;1H. The van der Waals surface area contributed by atoms with E-state index in [0.29, 0.717) is 11.3 Å². The minimum atomic E-state index is -0.872. The highest BCUT2D eigenvalue weighted by atomic mass is 35.5. The van der Waals surface area contributed by atoms with Crippen LogP contribution in [0.25, 0.3) is 4.98 Å². The molecule has 0 bridgehead atoms. The first-order valence-electron chi connectivity index (χ1n) is 3.38. The summed E-state index contributed by atoms with van der Waals surface area (Å²) in [4.78, 5) is 13.2. The van der Waals surface area contributed by atoms with Gasteiger partial charge in [0.05, 0.1) is 6.42 Å². The number of aliphatic carboxylic acids is 1. The Morgan fingerprint density at radius 1 is 1.38 bits per heavy atom. The van der Waals surface area contributed by atoms with E-state index in [4.69, 9.17) is 10.5 Å². The number of halogens is 1. The molecule has 1 rings (SSSR count). The Morgan fingerprint density at radius 2 is 1.92 bits per heavy atom. The zero-order chi connectivity index (χ0) is 8.97. The van der Waals surface area contributed by atoms with Gasteiger partial charge in [0, 0.05) is 12.1 Å². The number of carbonyl (C=O) groups is 1. The van der Waals surface area contributed by atoms with Crippen molar-refractivity contribution < 1.29 is 22.3 Å². The van der Waals surface area contributed by atoms with Crippen molar-refractivity contribution in [3.63, 3.8) is 0 Å². The molecule has 0 aliphatic rings. The lowest BCUT2D eigenvalue weighted by Gasteiger charge is -1.91. The van der Waals surface area contributed by atoms with Crippen molar-refractivity contribution in [3.05, 3.63) is 34.8 Å². The van der Waals surface area contributed by atoms with Crippen LogP contribution in [0.2, 0.25) is 0 Å². The zero-order valence-corrected chi connectivity index (χ0v) is 7.40. The quantitative estimate of drug-likeness (QED) is 0.608. The molecule has 0 aliphatic heterocycles. The Balaban J connectivity index is 0.00000144. The summed E-state index contributed by atoms with van der Waals surface area (Å²) in [5.41, 5.74) is 1.11. The van der Waals surface area contributed by atoms with E-state index in [-0.39, 0.29) is 18.8 Å². The number of hydrogen-bond acceptors (Lipinski definition) is 2. The molecule has 0 amide bonds. The van der Waals surface area contributed by atoms with Crippen molar-refractivity contribution in [1.82, 2.24) is 0 Å². The lowest BCUT2D eigenvalue weighted by molar-refractivity contribution is -0.136. The third kappa shape index (κ3) is 3.54. The summed E-state index contributed by atoms with van der Waals surface area (Å²) in [7, 11) is 0. The monoisotopic (exact) mass is 198 g/mol. The molecular formula is C8H7ClN2O2. The lowest BCUT2D eigenvalue weighted by atomic mass is 10.1. The Morgan fingerprint density at radius 3 is 2.31 bits per heavy atom. The molecule has 5 heteroatoms. The van der Waals surface area contributed by atoms with Crippen LogP contribution in [0.15, 0.2) is 24.3 Å². The number of benzene rings is 1. The lowest BCUT2D eigenvalue weighted by Crippen LogP contribution is -3.00. The van der Waals surface area contributed by atoms with Crippen LogP contribution in [0.3, 0.4) is 0 Å². The van der Waals surface area contributed by atoms with Crippen LogP contribution < -0.4 is 12.4 Å². The van der Waals surface area contributed by atoms with Gasteiger partial charge in [0.1, 0.15) is 0 Å². The predicted molar refractivity (Wildman–Crippen MR) is 42.5 cm³/mol. The van der Waals surface area contributed by atoms with Crippen LogP contribution >= 0.6 is 0 Å². The molecule has 4 nitrogen and oxygen atoms in total. The van der Waals surface area contributed by atoms with Crippen molar-refractivity contribution in [1.29, 1.82) is 5.39 Å². The second kappa shape index (κ2) is 5.12. The van der Waals surface area contributed by atoms with Gasteiger partial charge in [-0.2, -0.15) is 0 Å². The number of nitrogens with zero attached hydrogens (tertiary/aromatic N) is 2. The third-order valence-electron chi connectivity index (χ3n) is 1.41. The average Bonchev–Trinajstić information content (AvgIpc) is 2.05. The molecule has 0 atom stereocenters. The minimum absolute atomic E-state index is 0. The van der Waals surface area contributed by atoms with E-state index in [9.17, 15) is 4.79 Å². The van der Waals surface area contributed by atoms with E-state index < -0.39 is 5.97 Å². The average molecular weight is 199 g/mol. The molecule has 0 saturated heterocycles. The molecule has 1 aromatic carbocycles. The highest BCUT2D eigenvalue weighted by molar-refractivity contribution is 5.70. The van der Waals surface area contributed by atoms with Gasteiger partial charge in [-0.1, -0.05) is 12.1 Å². The van der Waals surface area contributed by atoms with Crippen LogP contribution in [0.5, 0.6) is 0 Å². The van der Waals surface area contributed by atoms with E-state index >= 15 is 0 Å². The topological polar surface area (TPSA) is 65.5 Å². The van der Waals surface area contributed by atoms with Crippen molar-refractivity contribution in [2.75, 3.05) is 0 Å². The fourth-order valence-electron chi connectivity index (χ4n) is 0.855. The van der Waals surface area contributed by atoms with Crippen LogP contribution in [0.4, 0.5) is 5.69 Å². The van der Waals surface area contributed by atoms with Crippen molar-refractivity contribution in [2.24, 2.45) is 0 Å². The Labute approximate surface area is 81.2 Å². The van der Waals surface area contributed by atoms with Gasteiger partial charge in [-0.05, 0) is 5.56 Å². The first-order valence-corrected chi connectivity index (χ1v) is 3.38. The molecule has 68 valence electrons. The SMILES string of the molecule is N#[N+]c1ccc(CC(=O)O)cc1.[Cl-]. The van der Waals surface area contributed by atoms with Gasteiger partial charge in [0.15, 0.2) is 4.98 Å². The van der Waals surface area contributed by atoms with Gasteiger partial charge in [-0.3, -0.25) is 4.79 Å². The van der Waals surface area contributed by atoms with Crippen molar-refractivity contribution >= 4 is 11.7 Å². The summed E-state index contributed by atoms with van der Waals surface area (Å²) in [5, 5.41) is 16.7. The number of carboxylic acids is 1. The van der Waals surface area contributed by atoms with Gasteiger partial charge < -0.3 is 17.5 Å². The normalized spacial score (nSPS) is 8.23. The molecule has 1 aromatic rings. The highest BCUT2D eigenvalue weighted by Crippen LogP contribution is 2.12. The summed E-state index contributed by atoms with van der Waals surface area (Å²) >= 11 is 0. The number of carboxylic acid groups (broad SMARTS) is 1. The molecule has 0 unspecified atom stereocenters. The van der Waals surface area contributed by atoms with Gasteiger partial charge in [-0.25, -0.2) is 0 Å². The largest absolute Gasteiger partial charge is 1.00 e. The summed E-state index contributed by atoms with van der Waals surface area (Å²) in [6.07, 6.45) is -0.00823. The van der Waals surface area contributed by atoms with E-state index in [2.05, 4.69) is 4.98 Å². The van der Waals surface area contributed by atoms with Gasteiger partial charge in [0.25, 0.3) is 0 Å². The van der Waals surface area contributed by atoms with Crippen molar-refractivity contribution in [2.45, 2.75) is 6.42 Å². The molecule has 0 fully saturated rings. The molecule has 0 heterocycles. The van der Waals surface area contributed by atoms with Gasteiger partial charge in [0.2, 0.25) is 5.39 Å². The van der Waals surface area contributed by atoms with E-state index in [1.165, 1.54) is 0 Å². The second-order valence-electron chi connectivity index (χ2n) is 2.34. The first kappa shape index (κ1) is 11.4. The Kier molecular flexibility index (Phi) is 4.49. The number of rotatable bonds is 2. The van der Waals surface area contributed by atoms with E-state index in [1.807, 2.05) is 0 Å². The van der Waals surface area contributed by atoms with E-state index in [0.717, 1.165) is 0 Å². The van der Waals surface area contributed by atoms with Crippen LogP contribution in [-0.2, 0) is 11.2 Å². The molecule has 13 heavy (non-hydrogen) atoms. The second-order valence-corrected chi connectivity index (χ2v) is 2.34. The third-order valence-corrected chi connectivity index (χ3v) is 1.41. The van der Waals surface area contributed by atoms with Crippen molar-refractivity contribution in [3.8, 4) is 0 Å². The minimum Gasteiger partial charge on any atom is -1.00 e.